The third-order valence-corrected chi connectivity index (χ3v) is 4.54. The molecule has 0 unspecified atom stereocenters. The van der Waals surface area contributed by atoms with Crippen molar-refractivity contribution in [2.45, 2.75) is 19.1 Å². The van der Waals surface area contributed by atoms with Gasteiger partial charge in [-0.3, -0.25) is 0 Å². The molecule has 3 aromatic carbocycles. The van der Waals surface area contributed by atoms with Crippen LogP contribution in [0.3, 0.4) is 0 Å². The SMILES string of the molecule is [C-]#[N+]c1ccc(N[C@@H](c2nnc(-c3ccccc3)o2)[C@@H](C)O)c2ccccc12. The molecule has 6 heteroatoms. The van der Waals surface area contributed by atoms with Crippen molar-refractivity contribution in [1.29, 1.82) is 0 Å². The Hall–Kier alpha value is -3.69. The Morgan fingerprint density at radius 3 is 2.39 bits per heavy atom. The van der Waals surface area contributed by atoms with E-state index in [4.69, 9.17) is 11.0 Å². The van der Waals surface area contributed by atoms with Gasteiger partial charge in [0, 0.05) is 11.3 Å². The molecule has 1 aromatic heterocycles. The fourth-order valence-corrected chi connectivity index (χ4v) is 3.12. The van der Waals surface area contributed by atoms with Crippen LogP contribution in [0.25, 0.3) is 27.1 Å². The first-order chi connectivity index (χ1) is 13.7. The largest absolute Gasteiger partial charge is 0.418 e. The summed E-state index contributed by atoms with van der Waals surface area (Å²) in [5.74, 6) is 0.698. The lowest BCUT2D eigenvalue weighted by atomic mass is 10.1. The number of rotatable bonds is 5. The minimum atomic E-state index is -0.775. The summed E-state index contributed by atoms with van der Waals surface area (Å²) in [6.07, 6.45) is -0.775. The van der Waals surface area contributed by atoms with Gasteiger partial charge >= 0.3 is 0 Å². The molecular formula is C22H18N4O2. The van der Waals surface area contributed by atoms with Crippen LogP contribution in [-0.2, 0) is 0 Å². The smallest absolute Gasteiger partial charge is 0.247 e. The van der Waals surface area contributed by atoms with Gasteiger partial charge in [0.15, 0.2) is 5.69 Å². The molecule has 0 aliphatic heterocycles. The molecule has 0 amide bonds. The topological polar surface area (TPSA) is 75.5 Å². The van der Waals surface area contributed by atoms with Gasteiger partial charge in [-0.1, -0.05) is 48.5 Å². The van der Waals surface area contributed by atoms with Crippen LogP contribution in [-0.4, -0.2) is 21.4 Å². The predicted octanol–water partition coefficient (Wildman–Crippen LogP) is 4.97. The van der Waals surface area contributed by atoms with Crippen molar-refractivity contribution >= 4 is 22.1 Å². The van der Waals surface area contributed by atoms with Crippen LogP contribution in [0.4, 0.5) is 11.4 Å². The summed E-state index contributed by atoms with van der Waals surface area (Å²) in [5.41, 5.74) is 2.18. The summed E-state index contributed by atoms with van der Waals surface area (Å²) in [6, 6.07) is 20.2. The van der Waals surface area contributed by atoms with Crippen molar-refractivity contribution in [3.05, 3.63) is 84.0 Å². The van der Waals surface area contributed by atoms with E-state index in [1.54, 1.807) is 13.0 Å². The quantitative estimate of drug-likeness (QED) is 0.485. The molecule has 28 heavy (non-hydrogen) atoms. The highest BCUT2D eigenvalue weighted by atomic mass is 16.4. The number of nitrogens with one attached hydrogen (secondary N) is 1. The Kier molecular flexibility index (Phi) is 4.75. The lowest BCUT2D eigenvalue weighted by Crippen LogP contribution is -2.23. The van der Waals surface area contributed by atoms with E-state index in [0.29, 0.717) is 17.5 Å². The minimum Gasteiger partial charge on any atom is -0.418 e. The molecule has 0 aliphatic carbocycles. The summed E-state index contributed by atoms with van der Waals surface area (Å²) in [4.78, 5) is 3.58. The first-order valence-corrected chi connectivity index (χ1v) is 8.90. The maximum atomic E-state index is 10.3. The van der Waals surface area contributed by atoms with Crippen LogP contribution in [0.2, 0.25) is 0 Å². The van der Waals surface area contributed by atoms with Gasteiger partial charge in [0.1, 0.15) is 6.04 Å². The van der Waals surface area contributed by atoms with Crippen LogP contribution in [0, 0.1) is 6.57 Å². The van der Waals surface area contributed by atoms with E-state index in [0.717, 1.165) is 22.0 Å². The summed E-state index contributed by atoms with van der Waals surface area (Å²) < 4.78 is 5.83. The van der Waals surface area contributed by atoms with Crippen molar-refractivity contribution in [2.24, 2.45) is 0 Å². The summed E-state index contributed by atoms with van der Waals surface area (Å²) in [5, 5.41) is 23.6. The zero-order valence-corrected chi connectivity index (χ0v) is 15.2. The summed E-state index contributed by atoms with van der Waals surface area (Å²) in [6.45, 7) is 9.02. The molecule has 1 heterocycles. The van der Waals surface area contributed by atoms with Crippen molar-refractivity contribution in [3.8, 4) is 11.5 Å². The summed E-state index contributed by atoms with van der Waals surface area (Å²) >= 11 is 0. The maximum Gasteiger partial charge on any atom is 0.247 e. The van der Waals surface area contributed by atoms with E-state index in [9.17, 15) is 5.11 Å². The fraction of sp³-hybridized carbons (Fsp3) is 0.136. The van der Waals surface area contributed by atoms with Gasteiger partial charge in [-0.15, -0.1) is 10.2 Å². The van der Waals surface area contributed by atoms with E-state index in [-0.39, 0.29) is 0 Å². The molecule has 0 bridgehead atoms. The Morgan fingerprint density at radius 1 is 0.964 bits per heavy atom. The predicted molar refractivity (Wildman–Crippen MR) is 108 cm³/mol. The normalized spacial score (nSPS) is 13.0. The van der Waals surface area contributed by atoms with Gasteiger partial charge in [-0.25, -0.2) is 4.85 Å². The molecule has 0 aliphatic rings. The molecule has 138 valence electrons. The summed E-state index contributed by atoms with van der Waals surface area (Å²) in [7, 11) is 0. The number of hydrogen-bond acceptors (Lipinski definition) is 5. The zero-order valence-electron chi connectivity index (χ0n) is 15.2. The fourth-order valence-electron chi connectivity index (χ4n) is 3.12. The number of anilines is 1. The van der Waals surface area contributed by atoms with Crippen LogP contribution in [0.5, 0.6) is 0 Å². The first kappa shape index (κ1) is 17.7. The number of aliphatic hydroxyl groups is 1. The van der Waals surface area contributed by atoms with E-state index in [1.807, 2.05) is 60.7 Å². The van der Waals surface area contributed by atoms with Crippen molar-refractivity contribution < 1.29 is 9.52 Å². The van der Waals surface area contributed by atoms with Gasteiger partial charge < -0.3 is 14.8 Å². The minimum absolute atomic E-state index is 0.298. The molecule has 0 saturated carbocycles. The molecule has 2 atom stereocenters. The lowest BCUT2D eigenvalue weighted by molar-refractivity contribution is 0.160. The maximum absolute atomic E-state index is 10.3. The standard InChI is InChI=1S/C22H18N4O2/c1-14(27)20(22-26-25-21(28-22)15-8-4-3-5-9-15)24-19-13-12-18(23-2)16-10-6-7-11-17(16)19/h3-14,20,24,27H,1H3/t14-,20-/m1/s1. The zero-order chi connectivity index (χ0) is 19.5. The molecule has 0 saturated heterocycles. The molecule has 4 aromatic rings. The van der Waals surface area contributed by atoms with E-state index in [2.05, 4.69) is 20.4 Å². The van der Waals surface area contributed by atoms with Gasteiger partial charge in [0.05, 0.1) is 12.7 Å². The number of hydrogen-bond donors (Lipinski definition) is 2. The van der Waals surface area contributed by atoms with Crippen LogP contribution in [0.1, 0.15) is 18.9 Å². The second-order valence-corrected chi connectivity index (χ2v) is 6.46. The molecule has 0 spiro atoms. The average molecular weight is 370 g/mol. The first-order valence-electron chi connectivity index (χ1n) is 8.90. The number of benzene rings is 3. The number of nitrogens with zero attached hydrogens (tertiary/aromatic N) is 3. The monoisotopic (exact) mass is 370 g/mol. The van der Waals surface area contributed by atoms with Crippen molar-refractivity contribution in [2.75, 3.05) is 5.32 Å². The van der Waals surface area contributed by atoms with Crippen LogP contribution in [0.15, 0.2) is 71.1 Å². The van der Waals surface area contributed by atoms with Gasteiger partial charge in [0.2, 0.25) is 11.8 Å². The highest BCUT2D eigenvalue weighted by Crippen LogP contribution is 2.34. The Bertz CT molecular complexity index is 1150. The van der Waals surface area contributed by atoms with Crippen molar-refractivity contribution in [1.82, 2.24) is 10.2 Å². The van der Waals surface area contributed by atoms with E-state index < -0.39 is 12.1 Å². The van der Waals surface area contributed by atoms with Gasteiger partial charge in [-0.05, 0) is 35.9 Å². The van der Waals surface area contributed by atoms with Crippen molar-refractivity contribution in [3.63, 3.8) is 0 Å². The second-order valence-electron chi connectivity index (χ2n) is 6.46. The van der Waals surface area contributed by atoms with E-state index >= 15 is 0 Å². The number of aromatic nitrogens is 2. The molecule has 4 rings (SSSR count). The second kappa shape index (κ2) is 7.51. The Morgan fingerprint density at radius 2 is 1.68 bits per heavy atom. The molecular weight excluding hydrogens is 352 g/mol. The van der Waals surface area contributed by atoms with Crippen LogP contribution < -0.4 is 5.32 Å². The average Bonchev–Trinajstić information content (AvgIpc) is 3.22. The Labute approximate surface area is 162 Å². The third kappa shape index (κ3) is 3.31. The molecule has 2 N–H and O–H groups in total. The number of fused-ring (bicyclic) bond motifs is 1. The highest BCUT2D eigenvalue weighted by Gasteiger charge is 2.25. The lowest BCUT2D eigenvalue weighted by Gasteiger charge is -2.20. The molecule has 6 nitrogen and oxygen atoms in total. The van der Waals surface area contributed by atoms with Gasteiger partial charge in [-0.2, -0.15) is 0 Å². The molecule has 0 radical (unpaired) electrons. The van der Waals surface area contributed by atoms with Crippen LogP contribution >= 0.6 is 0 Å². The third-order valence-electron chi connectivity index (χ3n) is 4.54. The Balaban J connectivity index is 1.71. The van der Waals surface area contributed by atoms with Gasteiger partial charge in [0.25, 0.3) is 0 Å². The molecule has 0 fully saturated rings. The van der Waals surface area contributed by atoms with E-state index in [1.165, 1.54) is 0 Å². The number of aliphatic hydroxyl groups excluding tert-OH is 1. The highest BCUT2D eigenvalue weighted by molar-refractivity contribution is 6.02.